The lowest BCUT2D eigenvalue weighted by Gasteiger charge is -2.37. The van der Waals surface area contributed by atoms with Gasteiger partial charge in [-0.05, 0) is 58.0 Å². The fourth-order valence-electron chi connectivity index (χ4n) is 4.70. The Balaban J connectivity index is 1.45. The van der Waals surface area contributed by atoms with Crippen molar-refractivity contribution in [3.05, 3.63) is 113 Å². The Hall–Kier alpha value is -3.59. The predicted octanol–water partition coefficient (Wildman–Crippen LogP) is 6.61. The lowest BCUT2D eigenvalue weighted by Crippen LogP contribution is -2.47. The first-order valence-electron chi connectivity index (χ1n) is 11.7. The van der Waals surface area contributed by atoms with Gasteiger partial charge in [-0.25, -0.2) is 0 Å². The molecule has 1 aliphatic rings. The van der Waals surface area contributed by atoms with Gasteiger partial charge in [0, 0.05) is 12.1 Å². The first kappa shape index (κ1) is 21.3. The normalized spacial score (nSPS) is 15.5. The third kappa shape index (κ3) is 4.36. The van der Waals surface area contributed by atoms with E-state index < -0.39 is 0 Å². The standard InChI is InChI=1S/C30H29NO2/c1-21(2)23-13-7-14-27(18-23)33-20-26-17-24-10-3-4-11-25(24)19-31(26)30(32)29-16-8-12-22-9-5-6-15-28(22)29/h3-16,18,21,26H,17,19-20H2,1-2H3/t26-/m0/s1. The SMILES string of the molecule is CC(C)c1cccc(OC[C@@H]2Cc3ccccc3CN2C(=O)c2cccc3ccccc23)c1. The quantitative estimate of drug-likeness (QED) is 0.353. The highest BCUT2D eigenvalue weighted by Crippen LogP contribution is 2.28. The number of ether oxygens (including phenoxy) is 1. The molecule has 4 aromatic carbocycles. The topological polar surface area (TPSA) is 29.5 Å². The van der Waals surface area contributed by atoms with Gasteiger partial charge in [-0.2, -0.15) is 0 Å². The van der Waals surface area contributed by atoms with Gasteiger partial charge >= 0.3 is 0 Å². The first-order valence-corrected chi connectivity index (χ1v) is 11.7. The Morgan fingerprint density at radius 1 is 0.909 bits per heavy atom. The second-order valence-electron chi connectivity index (χ2n) is 9.12. The molecule has 5 rings (SSSR count). The zero-order valence-corrected chi connectivity index (χ0v) is 19.2. The van der Waals surface area contributed by atoms with Crippen molar-refractivity contribution in [2.75, 3.05) is 6.61 Å². The maximum absolute atomic E-state index is 13.9. The number of fused-ring (bicyclic) bond motifs is 2. The molecule has 0 N–H and O–H groups in total. The van der Waals surface area contributed by atoms with Crippen molar-refractivity contribution in [3.63, 3.8) is 0 Å². The number of amides is 1. The maximum atomic E-state index is 13.9. The summed E-state index contributed by atoms with van der Waals surface area (Å²) in [5, 5.41) is 2.08. The summed E-state index contributed by atoms with van der Waals surface area (Å²) in [6.45, 7) is 5.42. The van der Waals surface area contributed by atoms with E-state index in [-0.39, 0.29) is 11.9 Å². The van der Waals surface area contributed by atoms with Crippen molar-refractivity contribution in [1.82, 2.24) is 4.90 Å². The van der Waals surface area contributed by atoms with E-state index in [4.69, 9.17) is 4.74 Å². The Labute approximate surface area is 195 Å². The van der Waals surface area contributed by atoms with Crippen molar-refractivity contribution in [1.29, 1.82) is 0 Å². The van der Waals surface area contributed by atoms with E-state index in [1.165, 1.54) is 16.7 Å². The number of rotatable bonds is 5. The lowest BCUT2D eigenvalue weighted by molar-refractivity contribution is 0.0568. The molecule has 1 heterocycles. The molecule has 0 fully saturated rings. The Bertz CT molecular complexity index is 1290. The second-order valence-corrected chi connectivity index (χ2v) is 9.12. The fraction of sp³-hybridized carbons (Fsp3) is 0.233. The van der Waals surface area contributed by atoms with Crippen molar-refractivity contribution >= 4 is 16.7 Å². The van der Waals surface area contributed by atoms with Crippen molar-refractivity contribution in [2.24, 2.45) is 0 Å². The number of hydrogen-bond acceptors (Lipinski definition) is 2. The molecule has 0 radical (unpaired) electrons. The summed E-state index contributed by atoms with van der Waals surface area (Å²) in [6, 6.07) is 30.7. The molecule has 4 aromatic rings. The zero-order chi connectivity index (χ0) is 22.8. The summed E-state index contributed by atoms with van der Waals surface area (Å²) in [6.07, 6.45) is 0.788. The van der Waals surface area contributed by atoms with Crippen LogP contribution in [0.5, 0.6) is 5.75 Å². The van der Waals surface area contributed by atoms with Gasteiger partial charge in [-0.15, -0.1) is 0 Å². The van der Waals surface area contributed by atoms with Crippen LogP contribution >= 0.6 is 0 Å². The van der Waals surface area contributed by atoms with Crippen LogP contribution in [0.4, 0.5) is 0 Å². The Morgan fingerprint density at radius 3 is 2.48 bits per heavy atom. The molecule has 0 spiro atoms. The lowest BCUT2D eigenvalue weighted by atomic mass is 9.93. The summed E-state index contributed by atoms with van der Waals surface area (Å²) < 4.78 is 6.26. The van der Waals surface area contributed by atoms with Crippen LogP contribution in [0.3, 0.4) is 0 Å². The third-order valence-corrected chi connectivity index (χ3v) is 6.60. The van der Waals surface area contributed by atoms with Crippen LogP contribution in [0, 0.1) is 0 Å². The molecule has 1 aliphatic heterocycles. The van der Waals surface area contributed by atoms with E-state index in [9.17, 15) is 4.79 Å². The molecule has 0 saturated carbocycles. The Morgan fingerprint density at radius 2 is 1.64 bits per heavy atom. The molecule has 0 saturated heterocycles. The number of carbonyl (C=O) groups is 1. The first-order chi connectivity index (χ1) is 16.1. The van der Waals surface area contributed by atoms with Crippen LogP contribution in [-0.4, -0.2) is 23.5 Å². The van der Waals surface area contributed by atoms with Gasteiger partial charge in [0.25, 0.3) is 5.91 Å². The van der Waals surface area contributed by atoms with Gasteiger partial charge in [0.1, 0.15) is 12.4 Å². The minimum atomic E-state index is -0.0333. The van der Waals surface area contributed by atoms with E-state index in [1.54, 1.807) is 0 Å². The van der Waals surface area contributed by atoms with E-state index in [0.29, 0.717) is 19.1 Å². The minimum absolute atomic E-state index is 0.0333. The highest BCUT2D eigenvalue weighted by atomic mass is 16.5. The highest BCUT2D eigenvalue weighted by Gasteiger charge is 2.31. The molecule has 33 heavy (non-hydrogen) atoms. The molecule has 166 valence electrons. The number of carbonyl (C=O) groups excluding carboxylic acids is 1. The van der Waals surface area contributed by atoms with Crippen LogP contribution in [-0.2, 0) is 13.0 Å². The largest absolute Gasteiger partial charge is 0.491 e. The zero-order valence-electron chi connectivity index (χ0n) is 19.2. The van der Waals surface area contributed by atoms with Crippen LogP contribution in [0.15, 0.2) is 91.0 Å². The molecular formula is C30H29NO2. The van der Waals surface area contributed by atoms with Gasteiger partial charge in [0.05, 0.1) is 6.04 Å². The molecular weight excluding hydrogens is 406 g/mol. The molecule has 3 nitrogen and oxygen atoms in total. The fourth-order valence-corrected chi connectivity index (χ4v) is 4.70. The van der Waals surface area contributed by atoms with Crippen LogP contribution in [0.1, 0.15) is 46.8 Å². The average molecular weight is 436 g/mol. The molecule has 1 atom stereocenters. The molecule has 0 aromatic heterocycles. The summed E-state index contributed by atoms with van der Waals surface area (Å²) in [4.78, 5) is 15.9. The number of nitrogens with zero attached hydrogens (tertiary/aromatic N) is 1. The van der Waals surface area contributed by atoms with Crippen LogP contribution < -0.4 is 4.74 Å². The van der Waals surface area contributed by atoms with Crippen LogP contribution in [0.25, 0.3) is 10.8 Å². The molecule has 0 bridgehead atoms. The van der Waals surface area contributed by atoms with E-state index in [0.717, 1.165) is 28.5 Å². The number of hydrogen-bond donors (Lipinski definition) is 0. The van der Waals surface area contributed by atoms with Gasteiger partial charge < -0.3 is 9.64 Å². The Kier molecular flexibility index (Phi) is 5.87. The number of benzene rings is 4. The van der Waals surface area contributed by atoms with Crippen molar-refractivity contribution in [3.8, 4) is 5.75 Å². The molecule has 1 amide bonds. The van der Waals surface area contributed by atoms with Crippen molar-refractivity contribution in [2.45, 2.75) is 38.8 Å². The van der Waals surface area contributed by atoms with E-state index in [2.05, 4.69) is 56.3 Å². The average Bonchev–Trinajstić information content (AvgIpc) is 2.86. The van der Waals surface area contributed by atoms with Crippen LogP contribution in [0.2, 0.25) is 0 Å². The summed E-state index contributed by atoms with van der Waals surface area (Å²) >= 11 is 0. The maximum Gasteiger partial charge on any atom is 0.255 e. The monoisotopic (exact) mass is 435 g/mol. The highest BCUT2D eigenvalue weighted by molar-refractivity contribution is 6.07. The van der Waals surface area contributed by atoms with Gasteiger partial charge in [0.2, 0.25) is 0 Å². The minimum Gasteiger partial charge on any atom is -0.491 e. The molecule has 0 aliphatic carbocycles. The third-order valence-electron chi connectivity index (χ3n) is 6.60. The van der Waals surface area contributed by atoms with E-state index in [1.807, 2.05) is 53.4 Å². The summed E-state index contributed by atoms with van der Waals surface area (Å²) in [5.41, 5.74) is 4.51. The van der Waals surface area contributed by atoms with Gasteiger partial charge in [-0.3, -0.25) is 4.79 Å². The second kappa shape index (κ2) is 9.11. The molecule has 3 heteroatoms. The van der Waals surface area contributed by atoms with Crippen molar-refractivity contribution < 1.29 is 9.53 Å². The smallest absolute Gasteiger partial charge is 0.255 e. The predicted molar refractivity (Wildman–Crippen MR) is 134 cm³/mol. The summed E-state index contributed by atoms with van der Waals surface area (Å²) in [5.74, 6) is 1.36. The van der Waals surface area contributed by atoms with Gasteiger partial charge in [0.15, 0.2) is 0 Å². The van der Waals surface area contributed by atoms with Gasteiger partial charge in [-0.1, -0.05) is 86.6 Å². The summed E-state index contributed by atoms with van der Waals surface area (Å²) in [7, 11) is 0. The molecule has 0 unspecified atom stereocenters. The van der Waals surface area contributed by atoms with E-state index >= 15 is 0 Å².